The van der Waals surface area contributed by atoms with Gasteiger partial charge in [0, 0.05) is 17.8 Å². The molecule has 26 heavy (non-hydrogen) atoms. The third kappa shape index (κ3) is 2.37. The number of rotatable bonds is 2. The van der Waals surface area contributed by atoms with Crippen LogP contribution < -0.4 is 0 Å². The third-order valence-corrected chi connectivity index (χ3v) is 9.48. The Hall–Kier alpha value is -0.610. The molecule has 9 unspecified atom stereocenters. The molecule has 0 saturated heterocycles. The van der Waals surface area contributed by atoms with Crippen molar-refractivity contribution in [2.45, 2.75) is 84.8 Å². The summed E-state index contributed by atoms with van der Waals surface area (Å²) in [6.45, 7) is 8.56. The molecule has 4 nitrogen and oxygen atoms in total. The highest BCUT2D eigenvalue weighted by Crippen LogP contribution is 2.72. The number of carbonyl (C=O) groups excluding carboxylic acids is 1. The van der Waals surface area contributed by atoms with Gasteiger partial charge in [0.1, 0.15) is 0 Å². The van der Waals surface area contributed by atoms with Crippen LogP contribution in [0.3, 0.4) is 0 Å². The molecule has 0 amide bonds. The predicted octanol–water partition coefficient (Wildman–Crippen LogP) is 3.54. The van der Waals surface area contributed by atoms with E-state index < -0.39 is 11.5 Å². The van der Waals surface area contributed by atoms with E-state index in [0.29, 0.717) is 5.92 Å². The first-order chi connectivity index (χ1) is 12.1. The zero-order chi connectivity index (χ0) is 18.9. The molecule has 0 aromatic carbocycles. The van der Waals surface area contributed by atoms with E-state index in [1.54, 1.807) is 0 Å². The summed E-state index contributed by atoms with van der Waals surface area (Å²) in [6, 6.07) is 0. The van der Waals surface area contributed by atoms with Crippen LogP contribution in [0.25, 0.3) is 0 Å². The highest BCUT2D eigenvalue weighted by Gasteiger charge is 2.68. The van der Waals surface area contributed by atoms with Gasteiger partial charge >= 0.3 is 5.97 Å². The first kappa shape index (κ1) is 18.7. The molecule has 4 aliphatic rings. The van der Waals surface area contributed by atoms with E-state index in [2.05, 4.69) is 20.8 Å². The first-order valence-electron chi connectivity index (χ1n) is 10.6. The van der Waals surface area contributed by atoms with Crippen molar-refractivity contribution in [2.24, 2.45) is 39.9 Å². The SMILES string of the molecule is CC(=O)OCC1(C)C(O)CCC2(C)C1CC(O)C13CC(C)C(CCC21)C3. The van der Waals surface area contributed by atoms with Crippen molar-refractivity contribution in [3.63, 3.8) is 0 Å². The highest BCUT2D eigenvalue weighted by atomic mass is 16.5. The zero-order valence-corrected chi connectivity index (χ0v) is 16.8. The van der Waals surface area contributed by atoms with Gasteiger partial charge in [-0.05, 0) is 74.0 Å². The second-order valence-electron chi connectivity index (χ2n) is 10.7. The van der Waals surface area contributed by atoms with Gasteiger partial charge in [0.15, 0.2) is 0 Å². The fourth-order valence-electron chi connectivity index (χ4n) is 8.17. The van der Waals surface area contributed by atoms with Crippen LogP contribution in [0.2, 0.25) is 0 Å². The van der Waals surface area contributed by atoms with E-state index in [1.165, 1.54) is 26.2 Å². The molecule has 4 heteroatoms. The Labute approximate surface area is 157 Å². The Morgan fingerprint density at radius 2 is 1.81 bits per heavy atom. The average Bonchev–Trinajstić information content (AvgIpc) is 2.83. The molecule has 4 aliphatic carbocycles. The van der Waals surface area contributed by atoms with Crippen molar-refractivity contribution < 1.29 is 19.7 Å². The molecule has 2 bridgehead atoms. The normalized spacial score (nSPS) is 55.8. The molecular weight excluding hydrogens is 328 g/mol. The molecule has 0 aromatic rings. The van der Waals surface area contributed by atoms with Crippen molar-refractivity contribution in [3.8, 4) is 0 Å². The highest BCUT2D eigenvalue weighted by molar-refractivity contribution is 5.65. The minimum Gasteiger partial charge on any atom is -0.465 e. The molecule has 9 atom stereocenters. The lowest BCUT2D eigenvalue weighted by molar-refractivity contribution is -0.232. The standard InChI is InChI=1S/C22H36O4/c1-13-10-22-11-15(13)5-6-16(22)20(3)8-7-18(24)21(4,12-26-14(2)23)17(20)9-19(22)25/h13,15-19,24-25H,5-12H2,1-4H3. The lowest BCUT2D eigenvalue weighted by atomic mass is 9.40. The number of hydrogen-bond acceptors (Lipinski definition) is 4. The summed E-state index contributed by atoms with van der Waals surface area (Å²) in [5.74, 6) is 1.92. The molecule has 4 rings (SSSR count). The van der Waals surface area contributed by atoms with Crippen LogP contribution in [-0.2, 0) is 9.53 Å². The molecule has 0 heterocycles. The van der Waals surface area contributed by atoms with Gasteiger partial charge in [0.2, 0.25) is 0 Å². The van der Waals surface area contributed by atoms with Crippen molar-refractivity contribution in [1.29, 1.82) is 0 Å². The van der Waals surface area contributed by atoms with Gasteiger partial charge in [0.05, 0.1) is 18.8 Å². The zero-order valence-electron chi connectivity index (χ0n) is 16.8. The van der Waals surface area contributed by atoms with E-state index in [1.807, 2.05) is 0 Å². The summed E-state index contributed by atoms with van der Waals surface area (Å²) in [7, 11) is 0. The quantitative estimate of drug-likeness (QED) is 0.736. The molecule has 0 aliphatic heterocycles. The van der Waals surface area contributed by atoms with Crippen LogP contribution in [0, 0.1) is 39.9 Å². The second kappa shape index (κ2) is 5.94. The lowest BCUT2D eigenvalue weighted by Gasteiger charge is -2.66. The maximum atomic E-state index is 11.5. The third-order valence-electron chi connectivity index (χ3n) is 9.48. The van der Waals surface area contributed by atoms with E-state index in [0.717, 1.165) is 37.5 Å². The van der Waals surface area contributed by atoms with Gasteiger partial charge in [-0.1, -0.05) is 20.8 Å². The maximum absolute atomic E-state index is 11.5. The number of fused-ring (bicyclic) bond motifs is 3. The van der Waals surface area contributed by atoms with Crippen LogP contribution in [-0.4, -0.2) is 35.0 Å². The number of esters is 1. The van der Waals surface area contributed by atoms with Crippen molar-refractivity contribution in [2.75, 3.05) is 6.61 Å². The fraction of sp³-hybridized carbons (Fsp3) is 0.955. The van der Waals surface area contributed by atoms with E-state index in [4.69, 9.17) is 4.74 Å². The minimum absolute atomic E-state index is 0.0816. The summed E-state index contributed by atoms with van der Waals surface area (Å²) >= 11 is 0. The van der Waals surface area contributed by atoms with Crippen molar-refractivity contribution in [1.82, 2.24) is 0 Å². The summed E-state index contributed by atoms with van der Waals surface area (Å²) in [4.78, 5) is 11.5. The van der Waals surface area contributed by atoms with Gasteiger partial charge < -0.3 is 14.9 Å². The van der Waals surface area contributed by atoms with Gasteiger partial charge in [-0.2, -0.15) is 0 Å². The smallest absolute Gasteiger partial charge is 0.302 e. The first-order valence-corrected chi connectivity index (χ1v) is 10.6. The molecule has 4 saturated carbocycles. The number of carbonyl (C=O) groups is 1. The molecule has 148 valence electrons. The Balaban J connectivity index is 1.71. The minimum atomic E-state index is -0.472. The number of aliphatic hydroxyl groups excluding tert-OH is 2. The second-order valence-corrected chi connectivity index (χ2v) is 10.7. The van der Waals surface area contributed by atoms with Crippen LogP contribution in [0.15, 0.2) is 0 Å². The van der Waals surface area contributed by atoms with Crippen LogP contribution in [0.5, 0.6) is 0 Å². The van der Waals surface area contributed by atoms with Crippen molar-refractivity contribution >= 4 is 5.97 Å². The predicted molar refractivity (Wildman–Crippen MR) is 99.2 cm³/mol. The fourth-order valence-corrected chi connectivity index (χ4v) is 8.17. The molecule has 0 radical (unpaired) electrons. The van der Waals surface area contributed by atoms with Gasteiger partial charge in [-0.25, -0.2) is 0 Å². The Morgan fingerprint density at radius 3 is 2.50 bits per heavy atom. The summed E-state index contributed by atoms with van der Waals surface area (Å²) in [5.41, 5.74) is -0.275. The lowest BCUT2D eigenvalue weighted by Crippen LogP contribution is -2.65. The Kier molecular flexibility index (Phi) is 4.28. The van der Waals surface area contributed by atoms with Crippen molar-refractivity contribution in [3.05, 3.63) is 0 Å². The molecule has 4 fully saturated rings. The van der Waals surface area contributed by atoms with E-state index >= 15 is 0 Å². The van der Waals surface area contributed by atoms with Crippen LogP contribution >= 0.6 is 0 Å². The maximum Gasteiger partial charge on any atom is 0.302 e. The number of ether oxygens (including phenoxy) is 1. The molecular formula is C22H36O4. The Bertz CT molecular complexity index is 587. The van der Waals surface area contributed by atoms with Gasteiger partial charge in [-0.3, -0.25) is 4.79 Å². The monoisotopic (exact) mass is 364 g/mol. The Morgan fingerprint density at radius 1 is 1.08 bits per heavy atom. The molecule has 1 spiro atoms. The molecule has 0 aromatic heterocycles. The number of hydrogen-bond donors (Lipinski definition) is 2. The summed E-state index contributed by atoms with van der Waals surface area (Å²) in [5, 5.41) is 22.2. The average molecular weight is 365 g/mol. The topological polar surface area (TPSA) is 66.8 Å². The molecule has 2 N–H and O–H groups in total. The number of aliphatic hydroxyl groups is 2. The van der Waals surface area contributed by atoms with E-state index in [9.17, 15) is 15.0 Å². The summed E-state index contributed by atoms with van der Waals surface area (Å²) in [6.07, 6.45) is 6.60. The van der Waals surface area contributed by atoms with Gasteiger partial charge in [-0.15, -0.1) is 0 Å². The van der Waals surface area contributed by atoms with Gasteiger partial charge in [0.25, 0.3) is 0 Å². The van der Waals surface area contributed by atoms with Crippen LogP contribution in [0.4, 0.5) is 0 Å². The summed E-state index contributed by atoms with van der Waals surface area (Å²) < 4.78 is 5.42. The van der Waals surface area contributed by atoms with E-state index in [-0.39, 0.29) is 35.4 Å². The largest absolute Gasteiger partial charge is 0.465 e. The van der Waals surface area contributed by atoms with Crippen LogP contribution in [0.1, 0.15) is 72.6 Å².